The molecular formula is C19H24N4O4. The number of benzene rings is 1. The second-order valence-electron chi connectivity index (χ2n) is 6.68. The van der Waals surface area contributed by atoms with Crippen molar-refractivity contribution >= 4 is 17.4 Å². The van der Waals surface area contributed by atoms with Gasteiger partial charge >= 0.3 is 5.69 Å². The molecule has 1 saturated carbocycles. The summed E-state index contributed by atoms with van der Waals surface area (Å²) >= 11 is 0. The van der Waals surface area contributed by atoms with Crippen LogP contribution in [-0.2, 0) is 22.6 Å². The van der Waals surface area contributed by atoms with Gasteiger partial charge in [0, 0.05) is 13.0 Å². The van der Waals surface area contributed by atoms with Crippen molar-refractivity contribution in [2.24, 2.45) is 5.92 Å². The van der Waals surface area contributed by atoms with Crippen LogP contribution in [0.4, 0.5) is 11.5 Å². The minimum atomic E-state index is -0.658. The largest absolute Gasteiger partial charge is 0.383 e. The molecule has 1 heterocycles. The van der Waals surface area contributed by atoms with Gasteiger partial charge in [-0.1, -0.05) is 36.8 Å². The predicted molar refractivity (Wildman–Crippen MR) is 103 cm³/mol. The van der Waals surface area contributed by atoms with Crippen LogP contribution in [0.1, 0.15) is 24.8 Å². The molecule has 27 heavy (non-hydrogen) atoms. The minimum Gasteiger partial charge on any atom is -0.383 e. The van der Waals surface area contributed by atoms with Crippen molar-refractivity contribution in [3.8, 4) is 0 Å². The fourth-order valence-corrected chi connectivity index (χ4v) is 3.15. The molecular weight excluding hydrogens is 348 g/mol. The van der Waals surface area contributed by atoms with Gasteiger partial charge in [0.25, 0.3) is 5.56 Å². The number of hydrogen-bond acceptors (Lipinski definition) is 5. The van der Waals surface area contributed by atoms with Gasteiger partial charge in [-0.05, 0) is 18.4 Å². The van der Waals surface area contributed by atoms with Gasteiger partial charge in [-0.3, -0.25) is 24.0 Å². The summed E-state index contributed by atoms with van der Waals surface area (Å²) < 4.78 is 6.23. The Morgan fingerprint density at radius 3 is 2.59 bits per heavy atom. The molecule has 1 aliphatic carbocycles. The van der Waals surface area contributed by atoms with Crippen molar-refractivity contribution < 1.29 is 9.53 Å². The van der Waals surface area contributed by atoms with Crippen LogP contribution < -0.4 is 21.9 Å². The smallest absolute Gasteiger partial charge is 0.330 e. The van der Waals surface area contributed by atoms with E-state index in [1.54, 1.807) is 0 Å². The number of anilines is 2. The number of carbonyl (C=O) groups is 1. The molecule has 0 saturated heterocycles. The van der Waals surface area contributed by atoms with Gasteiger partial charge in [-0.25, -0.2) is 4.79 Å². The molecule has 0 spiro atoms. The Bertz CT molecular complexity index is 916. The van der Waals surface area contributed by atoms with Crippen molar-refractivity contribution in [3.63, 3.8) is 0 Å². The number of aromatic amines is 1. The molecule has 144 valence electrons. The summed E-state index contributed by atoms with van der Waals surface area (Å²) in [6.45, 7) is 0.651. The second-order valence-corrected chi connectivity index (χ2v) is 6.68. The first-order valence-corrected chi connectivity index (χ1v) is 8.99. The van der Waals surface area contributed by atoms with Crippen LogP contribution in [-0.4, -0.2) is 29.2 Å². The molecule has 0 bridgehead atoms. The van der Waals surface area contributed by atoms with Crippen LogP contribution in [0.25, 0.3) is 0 Å². The lowest BCUT2D eigenvalue weighted by molar-refractivity contribution is -0.124. The van der Waals surface area contributed by atoms with Crippen molar-refractivity contribution in [3.05, 3.63) is 56.7 Å². The van der Waals surface area contributed by atoms with E-state index in [0.717, 1.165) is 24.8 Å². The number of nitrogen functional groups attached to an aromatic ring is 1. The van der Waals surface area contributed by atoms with Crippen LogP contribution in [0, 0.1) is 5.92 Å². The third-order valence-electron chi connectivity index (χ3n) is 4.91. The van der Waals surface area contributed by atoms with Gasteiger partial charge in [0.2, 0.25) is 5.91 Å². The van der Waals surface area contributed by atoms with Crippen molar-refractivity contribution in [2.45, 2.75) is 32.4 Å². The zero-order valence-electron chi connectivity index (χ0n) is 15.3. The topological polar surface area (TPSA) is 110 Å². The number of ether oxygens (including phenoxy) is 1. The SMILES string of the molecule is COCCn1c(N)c(N(Cc2ccccc2)C(=O)C2CCC2)c(=O)[nH]c1=O. The summed E-state index contributed by atoms with van der Waals surface area (Å²) in [7, 11) is 1.51. The second kappa shape index (κ2) is 8.22. The van der Waals surface area contributed by atoms with Crippen molar-refractivity contribution in [1.29, 1.82) is 0 Å². The number of amides is 1. The lowest BCUT2D eigenvalue weighted by Gasteiger charge is -2.32. The van der Waals surface area contributed by atoms with Crippen molar-refractivity contribution in [2.75, 3.05) is 24.4 Å². The standard InChI is InChI=1S/C19H24N4O4/c1-27-11-10-22-16(20)15(17(24)21-19(22)26)23(18(25)14-8-5-9-14)12-13-6-3-2-4-7-13/h2-4,6-7,14H,5,8-12,20H2,1H3,(H,21,24,26). The molecule has 3 N–H and O–H groups in total. The molecule has 0 atom stereocenters. The van der Waals surface area contributed by atoms with E-state index in [1.165, 1.54) is 16.6 Å². The average Bonchev–Trinajstić information content (AvgIpc) is 2.60. The first kappa shape index (κ1) is 18.9. The highest BCUT2D eigenvalue weighted by molar-refractivity contribution is 5.97. The quantitative estimate of drug-likeness (QED) is 0.756. The summed E-state index contributed by atoms with van der Waals surface area (Å²) in [6.07, 6.45) is 2.59. The van der Waals surface area contributed by atoms with Gasteiger partial charge in [0.15, 0.2) is 5.69 Å². The van der Waals surface area contributed by atoms with Crippen LogP contribution in [0.15, 0.2) is 39.9 Å². The monoisotopic (exact) mass is 372 g/mol. The Kier molecular flexibility index (Phi) is 5.75. The molecule has 0 unspecified atom stereocenters. The molecule has 1 amide bonds. The van der Waals surface area contributed by atoms with E-state index in [9.17, 15) is 14.4 Å². The predicted octanol–water partition coefficient (Wildman–Crippen LogP) is 1.10. The normalized spacial score (nSPS) is 14.0. The van der Waals surface area contributed by atoms with Gasteiger partial charge in [0.1, 0.15) is 5.82 Å². The molecule has 0 radical (unpaired) electrons. The molecule has 0 aliphatic heterocycles. The third-order valence-corrected chi connectivity index (χ3v) is 4.91. The number of hydrogen-bond donors (Lipinski definition) is 2. The number of nitrogens with one attached hydrogen (secondary N) is 1. The van der Waals surface area contributed by atoms with Gasteiger partial charge in [-0.2, -0.15) is 0 Å². The summed E-state index contributed by atoms with van der Waals surface area (Å²) in [6, 6.07) is 9.38. The molecule has 1 fully saturated rings. The Hall–Kier alpha value is -2.87. The first-order valence-electron chi connectivity index (χ1n) is 8.99. The van der Waals surface area contributed by atoms with E-state index in [1.807, 2.05) is 30.3 Å². The molecule has 1 aromatic carbocycles. The Morgan fingerprint density at radius 2 is 2.00 bits per heavy atom. The summed E-state index contributed by atoms with van der Waals surface area (Å²) in [5, 5.41) is 0. The van der Waals surface area contributed by atoms with E-state index in [-0.39, 0.29) is 43.0 Å². The molecule has 1 aromatic heterocycles. The minimum absolute atomic E-state index is 0.0199. The fraction of sp³-hybridized carbons (Fsp3) is 0.421. The number of carbonyl (C=O) groups excluding carboxylic acids is 1. The number of methoxy groups -OCH3 is 1. The number of rotatable bonds is 7. The highest BCUT2D eigenvalue weighted by atomic mass is 16.5. The summed E-state index contributed by atoms with van der Waals surface area (Å²) in [5.74, 6) is -0.282. The molecule has 3 rings (SSSR count). The number of H-pyrrole nitrogens is 1. The van der Waals surface area contributed by atoms with E-state index < -0.39 is 11.2 Å². The molecule has 8 nitrogen and oxygen atoms in total. The molecule has 8 heteroatoms. The van der Waals surface area contributed by atoms with Crippen LogP contribution in [0.3, 0.4) is 0 Å². The van der Waals surface area contributed by atoms with E-state index in [0.29, 0.717) is 0 Å². The molecule has 2 aromatic rings. The number of nitrogens with zero attached hydrogens (tertiary/aromatic N) is 2. The lowest BCUT2D eigenvalue weighted by Crippen LogP contribution is -2.44. The van der Waals surface area contributed by atoms with E-state index >= 15 is 0 Å². The van der Waals surface area contributed by atoms with Crippen LogP contribution in [0.2, 0.25) is 0 Å². The van der Waals surface area contributed by atoms with Crippen LogP contribution >= 0.6 is 0 Å². The maximum atomic E-state index is 13.1. The molecule has 1 aliphatic rings. The Labute approximate surface area is 156 Å². The van der Waals surface area contributed by atoms with Crippen molar-refractivity contribution in [1.82, 2.24) is 9.55 Å². The summed E-state index contributed by atoms with van der Waals surface area (Å²) in [4.78, 5) is 41.5. The maximum Gasteiger partial charge on any atom is 0.330 e. The van der Waals surface area contributed by atoms with Gasteiger partial charge in [0.05, 0.1) is 19.7 Å². The van der Waals surface area contributed by atoms with E-state index in [4.69, 9.17) is 10.5 Å². The van der Waals surface area contributed by atoms with E-state index in [2.05, 4.69) is 4.98 Å². The highest BCUT2D eigenvalue weighted by Gasteiger charge is 2.33. The zero-order chi connectivity index (χ0) is 19.4. The number of nitrogens with two attached hydrogens (primary N) is 1. The first-order chi connectivity index (χ1) is 13.0. The maximum absolute atomic E-state index is 13.1. The van der Waals surface area contributed by atoms with Crippen LogP contribution in [0.5, 0.6) is 0 Å². The van der Waals surface area contributed by atoms with Gasteiger partial charge < -0.3 is 10.5 Å². The fourth-order valence-electron chi connectivity index (χ4n) is 3.15. The Balaban J connectivity index is 2.06. The Morgan fingerprint density at radius 1 is 1.30 bits per heavy atom. The summed E-state index contributed by atoms with van der Waals surface area (Å²) in [5.41, 5.74) is 5.79. The number of aromatic nitrogens is 2. The highest BCUT2D eigenvalue weighted by Crippen LogP contribution is 2.31. The lowest BCUT2D eigenvalue weighted by atomic mass is 9.84. The van der Waals surface area contributed by atoms with Gasteiger partial charge in [-0.15, -0.1) is 0 Å². The zero-order valence-corrected chi connectivity index (χ0v) is 15.3. The third kappa shape index (κ3) is 3.95. The average molecular weight is 372 g/mol.